The third-order valence-corrected chi connectivity index (χ3v) is 2.98. The minimum Gasteiger partial charge on any atom is -0.484 e. The Morgan fingerprint density at radius 1 is 1.22 bits per heavy atom. The van der Waals surface area contributed by atoms with E-state index in [1.54, 1.807) is 41.6 Å². The molecule has 0 aliphatic rings. The fraction of sp³-hybridized carbons (Fsp3) is 0.0625. The van der Waals surface area contributed by atoms with Gasteiger partial charge in [-0.05, 0) is 36.4 Å². The van der Waals surface area contributed by atoms with Crippen LogP contribution in [0.15, 0.2) is 61.3 Å². The van der Waals surface area contributed by atoms with Gasteiger partial charge in [-0.25, -0.2) is 14.4 Å². The average Bonchev–Trinajstić information content (AvgIpc) is 3.09. The van der Waals surface area contributed by atoms with Gasteiger partial charge in [0, 0.05) is 12.4 Å². The van der Waals surface area contributed by atoms with Crippen LogP contribution in [0.4, 0.5) is 10.1 Å². The smallest absolute Gasteiger partial charge is 0.262 e. The van der Waals surface area contributed by atoms with Gasteiger partial charge in [0.25, 0.3) is 5.91 Å². The molecule has 0 unspecified atom stereocenters. The molecule has 0 saturated carbocycles. The molecular weight excluding hydrogens is 299 g/mol. The molecule has 0 aliphatic carbocycles. The number of rotatable bonds is 5. The first kappa shape index (κ1) is 14.7. The van der Waals surface area contributed by atoms with Gasteiger partial charge >= 0.3 is 0 Å². The molecule has 0 bridgehead atoms. The van der Waals surface area contributed by atoms with E-state index in [-0.39, 0.29) is 18.3 Å². The van der Waals surface area contributed by atoms with Crippen molar-refractivity contribution < 1.29 is 13.9 Å². The number of carbonyl (C=O) groups excluding carboxylic acids is 1. The van der Waals surface area contributed by atoms with Crippen LogP contribution in [0.2, 0.25) is 0 Å². The van der Waals surface area contributed by atoms with E-state index in [4.69, 9.17) is 4.74 Å². The van der Waals surface area contributed by atoms with Gasteiger partial charge in [-0.2, -0.15) is 0 Å². The minimum absolute atomic E-state index is 0.172. The van der Waals surface area contributed by atoms with Crippen LogP contribution in [-0.4, -0.2) is 27.0 Å². The second-order valence-electron chi connectivity index (χ2n) is 4.67. The molecule has 7 heteroatoms. The van der Waals surface area contributed by atoms with Crippen molar-refractivity contribution in [2.45, 2.75) is 0 Å². The van der Waals surface area contributed by atoms with Crippen molar-refractivity contribution in [3.05, 3.63) is 67.1 Å². The first-order valence-electron chi connectivity index (χ1n) is 6.83. The fourth-order valence-corrected chi connectivity index (χ4v) is 1.88. The summed E-state index contributed by atoms with van der Waals surface area (Å²) >= 11 is 0. The third-order valence-electron chi connectivity index (χ3n) is 2.98. The molecule has 2 aromatic heterocycles. The molecule has 6 nitrogen and oxygen atoms in total. The molecule has 3 rings (SSSR count). The minimum atomic E-state index is -0.356. The maximum absolute atomic E-state index is 12.8. The van der Waals surface area contributed by atoms with Gasteiger partial charge in [-0.1, -0.05) is 0 Å². The Kier molecular flexibility index (Phi) is 4.28. The number of amides is 1. The van der Waals surface area contributed by atoms with E-state index in [0.29, 0.717) is 17.3 Å². The van der Waals surface area contributed by atoms with Gasteiger partial charge in [0.15, 0.2) is 6.61 Å². The van der Waals surface area contributed by atoms with Gasteiger partial charge in [0.2, 0.25) is 0 Å². The molecule has 0 spiro atoms. The topological polar surface area (TPSA) is 69.0 Å². The molecule has 3 aromatic rings. The van der Waals surface area contributed by atoms with E-state index in [9.17, 15) is 9.18 Å². The van der Waals surface area contributed by atoms with Crippen molar-refractivity contribution in [2.75, 3.05) is 11.9 Å². The molecule has 1 aromatic carbocycles. The second kappa shape index (κ2) is 6.69. The predicted molar refractivity (Wildman–Crippen MR) is 81.9 cm³/mol. The molecule has 0 radical (unpaired) electrons. The van der Waals surface area contributed by atoms with E-state index in [1.807, 2.05) is 0 Å². The quantitative estimate of drug-likeness (QED) is 0.785. The molecular formula is C16H13FN4O2. The Morgan fingerprint density at radius 2 is 2.04 bits per heavy atom. The molecule has 0 aliphatic heterocycles. The van der Waals surface area contributed by atoms with E-state index >= 15 is 0 Å². The highest BCUT2D eigenvalue weighted by Gasteiger charge is 2.05. The maximum atomic E-state index is 12.8. The molecule has 0 atom stereocenters. The number of benzene rings is 1. The number of imidazole rings is 1. The Morgan fingerprint density at radius 3 is 2.70 bits per heavy atom. The van der Waals surface area contributed by atoms with Crippen LogP contribution in [0, 0.1) is 5.82 Å². The van der Waals surface area contributed by atoms with Gasteiger partial charge in [0.05, 0.1) is 11.9 Å². The van der Waals surface area contributed by atoms with Crippen molar-refractivity contribution in [3.8, 4) is 11.6 Å². The summed E-state index contributed by atoms with van der Waals surface area (Å²) in [5, 5.41) is 2.67. The van der Waals surface area contributed by atoms with Crippen molar-refractivity contribution in [2.24, 2.45) is 0 Å². The highest BCUT2D eigenvalue weighted by atomic mass is 19.1. The SMILES string of the molecule is O=C(COc1ccc(F)cc1)Nc1ccc(-n2ccnc2)nc1. The highest BCUT2D eigenvalue weighted by Crippen LogP contribution is 2.12. The zero-order chi connectivity index (χ0) is 16.1. The lowest BCUT2D eigenvalue weighted by molar-refractivity contribution is -0.118. The predicted octanol–water partition coefficient (Wildman–Crippen LogP) is 2.42. The maximum Gasteiger partial charge on any atom is 0.262 e. The van der Waals surface area contributed by atoms with Crippen molar-refractivity contribution >= 4 is 11.6 Å². The number of hydrogen-bond donors (Lipinski definition) is 1. The number of anilines is 1. The summed E-state index contributed by atoms with van der Waals surface area (Å²) < 4.78 is 19.8. The molecule has 0 fully saturated rings. The van der Waals surface area contributed by atoms with E-state index < -0.39 is 0 Å². The Balaban J connectivity index is 1.54. The largest absolute Gasteiger partial charge is 0.484 e. The molecule has 23 heavy (non-hydrogen) atoms. The van der Waals surface area contributed by atoms with Crippen molar-refractivity contribution in [3.63, 3.8) is 0 Å². The van der Waals surface area contributed by atoms with Crippen LogP contribution >= 0.6 is 0 Å². The van der Waals surface area contributed by atoms with Crippen molar-refractivity contribution in [1.82, 2.24) is 14.5 Å². The summed E-state index contributed by atoms with van der Waals surface area (Å²) in [6, 6.07) is 8.96. The highest BCUT2D eigenvalue weighted by molar-refractivity contribution is 5.91. The van der Waals surface area contributed by atoms with Gasteiger partial charge in [0.1, 0.15) is 23.7 Å². The van der Waals surface area contributed by atoms with Crippen LogP contribution in [0.1, 0.15) is 0 Å². The normalized spacial score (nSPS) is 10.3. The van der Waals surface area contributed by atoms with Crippen LogP contribution in [0.25, 0.3) is 5.82 Å². The van der Waals surface area contributed by atoms with Gasteiger partial charge < -0.3 is 10.1 Å². The molecule has 116 valence electrons. The van der Waals surface area contributed by atoms with E-state index in [2.05, 4.69) is 15.3 Å². The van der Waals surface area contributed by atoms with Crippen molar-refractivity contribution in [1.29, 1.82) is 0 Å². The molecule has 1 N–H and O–H groups in total. The van der Waals surface area contributed by atoms with Gasteiger partial charge in [-0.15, -0.1) is 0 Å². The summed E-state index contributed by atoms with van der Waals surface area (Å²) in [6.45, 7) is -0.172. The van der Waals surface area contributed by atoms with Crippen LogP contribution in [0.5, 0.6) is 5.75 Å². The van der Waals surface area contributed by atoms with Crippen LogP contribution in [-0.2, 0) is 4.79 Å². The Labute approximate surface area is 131 Å². The second-order valence-corrected chi connectivity index (χ2v) is 4.67. The lowest BCUT2D eigenvalue weighted by Crippen LogP contribution is -2.20. The number of carbonyl (C=O) groups is 1. The number of aromatic nitrogens is 3. The lowest BCUT2D eigenvalue weighted by Gasteiger charge is -2.08. The summed E-state index contributed by atoms with van der Waals surface area (Å²) in [6.07, 6.45) is 6.61. The summed E-state index contributed by atoms with van der Waals surface area (Å²) in [5.74, 6) is 0.440. The monoisotopic (exact) mass is 312 g/mol. The number of nitrogens with zero attached hydrogens (tertiary/aromatic N) is 3. The number of ether oxygens (including phenoxy) is 1. The van der Waals surface area contributed by atoms with E-state index in [1.165, 1.54) is 24.3 Å². The number of halogens is 1. The number of pyridine rings is 1. The Hall–Kier alpha value is -3.22. The molecule has 1 amide bonds. The molecule has 2 heterocycles. The van der Waals surface area contributed by atoms with E-state index in [0.717, 1.165) is 0 Å². The standard InChI is InChI=1S/C16H13FN4O2/c17-12-1-4-14(5-2-12)23-10-16(22)20-13-3-6-15(19-9-13)21-8-7-18-11-21/h1-9,11H,10H2,(H,20,22). The van der Waals surface area contributed by atoms with Gasteiger partial charge in [-0.3, -0.25) is 9.36 Å². The zero-order valence-electron chi connectivity index (χ0n) is 12.0. The fourth-order valence-electron chi connectivity index (χ4n) is 1.88. The summed E-state index contributed by atoms with van der Waals surface area (Å²) in [5.41, 5.74) is 0.557. The summed E-state index contributed by atoms with van der Waals surface area (Å²) in [7, 11) is 0. The third kappa shape index (κ3) is 3.91. The first-order chi connectivity index (χ1) is 11.2. The van der Waals surface area contributed by atoms with Crippen LogP contribution < -0.4 is 10.1 Å². The zero-order valence-corrected chi connectivity index (χ0v) is 12.0. The van der Waals surface area contributed by atoms with Crippen LogP contribution in [0.3, 0.4) is 0 Å². The summed E-state index contributed by atoms with van der Waals surface area (Å²) in [4.78, 5) is 20.0. The number of nitrogens with one attached hydrogen (secondary N) is 1. The molecule has 0 saturated heterocycles. The number of hydrogen-bond acceptors (Lipinski definition) is 4. The lowest BCUT2D eigenvalue weighted by atomic mass is 10.3. The Bertz CT molecular complexity index is 771. The first-order valence-corrected chi connectivity index (χ1v) is 6.83. The average molecular weight is 312 g/mol.